The van der Waals surface area contributed by atoms with Gasteiger partial charge in [-0.25, -0.2) is 0 Å². The quantitative estimate of drug-likeness (QED) is 0.549. The van der Waals surface area contributed by atoms with Crippen molar-refractivity contribution >= 4 is 5.78 Å². The zero-order valence-electron chi connectivity index (χ0n) is 11.6. The van der Waals surface area contributed by atoms with Crippen LogP contribution < -0.4 is 56.5 Å². The third kappa shape index (κ3) is 6.87. The fourth-order valence-electron chi connectivity index (χ4n) is 2.09. The maximum absolute atomic E-state index is 11.8. The fourth-order valence-corrected chi connectivity index (χ4v) is 2.09. The first-order valence-corrected chi connectivity index (χ1v) is 6.29. The van der Waals surface area contributed by atoms with Crippen molar-refractivity contribution in [3.63, 3.8) is 0 Å². The number of carbonyl (C=O) groups is 1. The Morgan fingerprint density at radius 2 is 1.44 bits per heavy atom. The molecule has 0 rings (SSSR count). The number of hydrogen-bond donors (Lipinski definition) is 0. The summed E-state index contributed by atoms with van der Waals surface area (Å²) >= 11 is 0. The van der Waals surface area contributed by atoms with Crippen LogP contribution in [0, 0.1) is 11.8 Å². The minimum absolute atomic E-state index is 0. The van der Waals surface area contributed by atoms with Crippen molar-refractivity contribution in [3.05, 3.63) is 0 Å². The molecule has 0 aliphatic heterocycles. The Morgan fingerprint density at radius 1 is 1.00 bits per heavy atom. The third-order valence-corrected chi connectivity index (χ3v) is 3.42. The fraction of sp³-hybridized carbons (Fsp3) is 0.923. The number of carbonyl (C=O) groups excluding carboxylic acids is 1. The molecule has 0 N–H and O–H groups in total. The van der Waals surface area contributed by atoms with Crippen molar-refractivity contribution in [1.82, 2.24) is 0 Å². The first kappa shape index (κ1) is 19.6. The Balaban J connectivity index is 0. The summed E-state index contributed by atoms with van der Waals surface area (Å²) in [5.41, 5.74) is 0. The van der Waals surface area contributed by atoms with Crippen LogP contribution in [0.15, 0.2) is 0 Å². The van der Waals surface area contributed by atoms with E-state index < -0.39 is 6.10 Å². The second-order valence-electron chi connectivity index (χ2n) is 4.30. The number of rotatable bonds is 8. The molecule has 2 nitrogen and oxygen atoms in total. The van der Waals surface area contributed by atoms with E-state index >= 15 is 0 Å². The standard InChI is InChI=1S/C13H25O2.K/c1-5-10(6-2)12(14)9-13(15)11(7-3)8-4;/h10-12H,5-9H2,1-4H3;/q-1;+1. The van der Waals surface area contributed by atoms with Gasteiger partial charge in [-0.1, -0.05) is 46.5 Å². The summed E-state index contributed by atoms with van der Waals surface area (Å²) in [5.74, 6) is 0.450. The molecule has 0 aromatic rings. The average molecular weight is 252 g/mol. The smallest absolute Gasteiger partial charge is 0.851 e. The Kier molecular flexibility index (Phi) is 13.9. The third-order valence-electron chi connectivity index (χ3n) is 3.42. The van der Waals surface area contributed by atoms with E-state index in [1.165, 1.54) is 0 Å². The van der Waals surface area contributed by atoms with Crippen molar-refractivity contribution < 1.29 is 61.3 Å². The van der Waals surface area contributed by atoms with Crippen molar-refractivity contribution in [3.8, 4) is 0 Å². The topological polar surface area (TPSA) is 40.1 Å². The summed E-state index contributed by atoms with van der Waals surface area (Å²) in [5, 5.41) is 11.8. The molecule has 90 valence electrons. The summed E-state index contributed by atoms with van der Waals surface area (Å²) in [6, 6.07) is 0. The minimum atomic E-state index is -0.687. The summed E-state index contributed by atoms with van der Waals surface area (Å²) in [7, 11) is 0. The molecule has 16 heavy (non-hydrogen) atoms. The van der Waals surface area contributed by atoms with Gasteiger partial charge < -0.3 is 5.11 Å². The Labute approximate surface area is 143 Å². The predicted octanol–water partition coefficient (Wildman–Crippen LogP) is -0.449. The SMILES string of the molecule is CCC(CC)C(=O)CC([O-])C(CC)CC.[K+]. The molecule has 0 saturated heterocycles. The van der Waals surface area contributed by atoms with E-state index in [0.717, 1.165) is 25.7 Å². The second kappa shape index (κ2) is 11.4. The first-order valence-electron chi connectivity index (χ1n) is 6.29. The Hall–Kier alpha value is 1.27. The molecule has 0 spiro atoms. The average Bonchev–Trinajstić information content (AvgIpc) is 2.21. The van der Waals surface area contributed by atoms with Crippen LogP contribution in [0.4, 0.5) is 0 Å². The molecule has 0 aromatic heterocycles. The van der Waals surface area contributed by atoms with E-state index in [-0.39, 0.29) is 75.4 Å². The monoisotopic (exact) mass is 252 g/mol. The molecule has 0 bridgehead atoms. The number of Topliss-reactive ketones (excluding diaryl/α,β-unsaturated/α-hetero) is 1. The summed E-state index contributed by atoms with van der Waals surface area (Å²) < 4.78 is 0. The van der Waals surface area contributed by atoms with Crippen LogP contribution in [0.25, 0.3) is 0 Å². The molecule has 0 radical (unpaired) electrons. The zero-order chi connectivity index (χ0) is 11.8. The van der Waals surface area contributed by atoms with Crippen LogP contribution in [0.1, 0.15) is 59.8 Å². The van der Waals surface area contributed by atoms with E-state index in [4.69, 9.17) is 0 Å². The van der Waals surface area contributed by atoms with Gasteiger partial charge in [0.15, 0.2) is 0 Å². The molecule has 0 aromatic carbocycles. The van der Waals surface area contributed by atoms with Crippen molar-refractivity contribution in [1.29, 1.82) is 0 Å². The molecule has 0 amide bonds. The summed E-state index contributed by atoms with van der Waals surface area (Å²) in [6.45, 7) is 8.09. The van der Waals surface area contributed by atoms with E-state index in [0.29, 0.717) is 0 Å². The van der Waals surface area contributed by atoms with Crippen molar-refractivity contribution in [2.75, 3.05) is 0 Å². The van der Waals surface area contributed by atoms with Gasteiger partial charge >= 0.3 is 51.4 Å². The van der Waals surface area contributed by atoms with Crippen LogP contribution in [0.3, 0.4) is 0 Å². The van der Waals surface area contributed by atoms with Crippen LogP contribution in [-0.2, 0) is 4.79 Å². The van der Waals surface area contributed by atoms with Gasteiger partial charge in [0.2, 0.25) is 0 Å². The maximum Gasteiger partial charge on any atom is 1.00 e. The van der Waals surface area contributed by atoms with Crippen LogP contribution in [0.5, 0.6) is 0 Å². The number of ketones is 1. The molecule has 0 fully saturated rings. The Morgan fingerprint density at radius 3 is 1.75 bits per heavy atom. The van der Waals surface area contributed by atoms with Gasteiger partial charge in [-0.2, -0.15) is 0 Å². The molecule has 1 atom stereocenters. The van der Waals surface area contributed by atoms with E-state index in [9.17, 15) is 9.90 Å². The molecule has 0 aliphatic carbocycles. The van der Waals surface area contributed by atoms with Gasteiger partial charge in [0, 0.05) is 5.92 Å². The predicted molar refractivity (Wildman–Crippen MR) is 61.6 cm³/mol. The summed E-state index contributed by atoms with van der Waals surface area (Å²) in [4.78, 5) is 11.8. The van der Waals surface area contributed by atoms with Gasteiger partial charge in [0.1, 0.15) is 5.78 Å². The molecular formula is C13H25KO2. The molecule has 3 heteroatoms. The first-order chi connectivity index (χ1) is 7.10. The molecule has 0 heterocycles. The van der Waals surface area contributed by atoms with E-state index in [1.54, 1.807) is 0 Å². The minimum Gasteiger partial charge on any atom is -0.851 e. The largest absolute Gasteiger partial charge is 1.00 e. The van der Waals surface area contributed by atoms with Gasteiger partial charge in [-0.15, -0.1) is 6.10 Å². The van der Waals surface area contributed by atoms with Gasteiger partial charge in [0.05, 0.1) is 0 Å². The van der Waals surface area contributed by atoms with E-state index in [1.807, 2.05) is 27.7 Å². The molecule has 0 saturated carbocycles. The molecular weight excluding hydrogens is 227 g/mol. The van der Waals surface area contributed by atoms with Crippen molar-refractivity contribution in [2.45, 2.75) is 65.9 Å². The van der Waals surface area contributed by atoms with Crippen LogP contribution in [-0.4, -0.2) is 11.9 Å². The zero-order valence-corrected chi connectivity index (χ0v) is 14.7. The molecule has 1 unspecified atom stereocenters. The maximum atomic E-state index is 11.8. The van der Waals surface area contributed by atoms with E-state index in [2.05, 4.69) is 0 Å². The van der Waals surface area contributed by atoms with Crippen LogP contribution in [0.2, 0.25) is 0 Å². The Bertz CT molecular complexity index is 175. The van der Waals surface area contributed by atoms with Gasteiger partial charge in [-0.3, -0.25) is 4.79 Å². The van der Waals surface area contributed by atoms with Gasteiger partial charge in [0.25, 0.3) is 0 Å². The second-order valence-corrected chi connectivity index (χ2v) is 4.30. The normalized spacial score (nSPS) is 12.7. The van der Waals surface area contributed by atoms with Crippen LogP contribution >= 0.6 is 0 Å². The molecule has 0 aliphatic rings. The van der Waals surface area contributed by atoms with Crippen molar-refractivity contribution in [2.24, 2.45) is 11.8 Å². The number of hydrogen-bond acceptors (Lipinski definition) is 2. The summed E-state index contributed by atoms with van der Waals surface area (Å²) in [6.07, 6.45) is 3.06. The van der Waals surface area contributed by atoms with Gasteiger partial charge in [-0.05, 0) is 19.3 Å².